The van der Waals surface area contributed by atoms with Gasteiger partial charge in [0.25, 0.3) is 11.5 Å². The summed E-state index contributed by atoms with van der Waals surface area (Å²) in [5.41, 5.74) is -0.657. The first-order valence-electron chi connectivity index (χ1n) is 9.56. The van der Waals surface area contributed by atoms with Crippen LogP contribution in [0.5, 0.6) is 0 Å². The average Bonchev–Trinajstić information content (AvgIpc) is 3.02. The number of aromatic nitrogens is 2. The smallest absolute Gasteiger partial charge is 0.328 e. The van der Waals surface area contributed by atoms with Crippen molar-refractivity contribution in [3.63, 3.8) is 0 Å². The fraction of sp³-hybridized carbons (Fsp3) is 0.450. The molecule has 160 valence electrons. The third kappa shape index (κ3) is 4.06. The van der Waals surface area contributed by atoms with Gasteiger partial charge in [0.05, 0.1) is 23.2 Å². The molecular weight excluding hydrogens is 414 g/mol. The number of carbonyl (C=O) groups is 1. The van der Waals surface area contributed by atoms with Gasteiger partial charge in [-0.25, -0.2) is 4.79 Å². The highest BCUT2D eigenvalue weighted by atomic mass is 35.5. The topological polar surface area (TPSA) is 112 Å². The number of aromatic amines is 1. The maximum absolute atomic E-state index is 12.5. The Labute approximate surface area is 176 Å². The summed E-state index contributed by atoms with van der Waals surface area (Å²) < 4.78 is 19.4. The summed E-state index contributed by atoms with van der Waals surface area (Å²) in [6.07, 6.45) is -0.0953. The average molecular weight is 436 g/mol. The van der Waals surface area contributed by atoms with E-state index in [1.807, 2.05) is 0 Å². The minimum Gasteiger partial charge on any atom is -0.371 e. The van der Waals surface area contributed by atoms with E-state index in [4.69, 9.17) is 25.8 Å². The Morgan fingerprint density at radius 2 is 1.97 bits per heavy atom. The number of hydrogen-bond donors (Lipinski definition) is 2. The second-order valence-corrected chi connectivity index (χ2v) is 8.12. The fourth-order valence-corrected chi connectivity index (χ4v) is 4.07. The van der Waals surface area contributed by atoms with E-state index in [1.54, 1.807) is 38.1 Å². The molecule has 2 aliphatic heterocycles. The zero-order valence-corrected chi connectivity index (χ0v) is 17.2. The molecule has 2 saturated heterocycles. The molecule has 2 fully saturated rings. The van der Waals surface area contributed by atoms with Crippen LogP contribution in [-0.4, -0.2) is 52.7 Å². The van der Waals surface area contributed by atoms with E-state index < -0.39 is 41.4 Å². The number of fused-ring (bicyclic) bond motifs is 1. The third-order valence-corrected chi connectivity index (χ3v) is 5.51. The van der Waals surface area contributed by atoms with Gasteiger partial charge in [0.15, 0.2) is 5.79 Å². The van der Waals surface area contributed by atoms with Gasteiger partial charge in [-0.15, -0.1) is 0 Å². The number of halogens is 1. The van der Waals surface area contributed by atoms with Gasteiger partial charge in [0, 0.05) is 18.8 Å². The quantitative estimate of drug-likeness (QED) is 0.743. The van der Waals surface area contributed by atoms with Crippen molar-refractivity contribution >= 4 is 17.5 Å². The van der Waals surface area contributed by atoms with Crippen LogP contribution in [0.25, 0.3) is 0 Å². The second-order valence-electron chi connectivity index (χ2n) is 7.71. The minimum absolute atomic E-state index is 0.152. The number of H-pyrrole nitrogens is 1. The molecule has 0 bridgehead atoms. The molecule has 30 heavy (non-hydrogen) atoms. The van der Waals surface area contributed by atoms with E-state index in [-0.39, 0.29) is 19.1 Å². The van der Waals surface area contributed by atoms with Crippen molar-refractivity contribution < 1.29 is 19.0 Å². The van der Waals surface area contributed by atoms with Crippen LogP contribution in [-0.2, 0) is 14.2 Å². The number of amides is 1. The number of rotatable bonds is 4. The van der Waals surface area contributed by atoms with E-state index in [2.05, 4.69) is 10.3 Å². The Bertz CT molecular complexity index is 1060. The first-order chi connectivity index (χ1) is 14.2. The van der Waals surface area contributed by atoms with Crippen molar-refractivity contribution in [3.05, 3.63) is 68.0 Å². The summed E-state index contributed by atoms with van der Waals surface area (Å²) in [5, 5.41) is 3.18. The predicted molar refractivity (Wildman–Crippen MR) is 108 cm³/mol. The predicted octanol–water partition coefficient (Wildman–Crippen LogP) is 1.08. The number of carbonyl (C=O) groups excluding carboxylic acids is 1. The molecule has 1 aromatic heterocycles. The maximum Gasteiger partial charge on any atom is 0.328 e. The number of nitrogens with zero attached hydrogens (tertiary/aromatic N) is 1. The van der Waals surface area contributed by atoms with E-state index >= 15 is 0 Å². The van der Waals surface area contributed by atoms with Crippen LogP contribution in [0.15, 0.2) is 46.1 Å². The van der Waals surface area contributed by atoms with E-state index in [0.717, 1.165) is 0 Å². The summed E-state index contributed by atoms with van der Waals surface area (Å²) >= 11 is 6.09. The number of hydrogen-bond acceptors (Lipinski definition) is 6. The third-order valence-electron chi connectivity index (χ3n) is 5.18. The molecule has 0 unspecified atom stereocenters. The zero-order valence-electron chi connectivity index (χ0n) is 16.5. The lowest BCUT2D eigenvalue weighted by molar-refractivity contribution is -0.153. The van der Waals surface area contributed by atoms with Gasteiger partial charge < -0.3 is 19.5 Å². The SMILES string of the molecule is CC1(C)O[C@@H]2[C@H](O1)[C@@H](CNC(=O)c1ccccc1Cl)OC[C@H]2n1ccc(=O)[nH]c1=O. The largest absolute Gasteiger partial charge is 0.371 e. The number of nitrogens with one attached hydrogen (secondary N) is 2. The molecule has 0 saturated carbocycles. The van der Waals surface area contributed by atoms with Crippen LogP contribution in [0.1, 0.15) is 30.2 Å². The molecule has 2 aromatic rings. The number of benzene rings is 1. The van der Waals surface area contributed by atoms with Crippen molar-refractivity contribution in [2.45, 2.75) is 44.0 Å². The normalized spacial score (nSPS) is 27.4. The first kappa shape index (κ1) is 20.8. The van der Waals surface area contributed by atoms with Crippen molar-refractivity contribution in [3.8, 4) is 0 Å². The second kappa shape index (κ2) is 7.99. The molecule has 2 aliphatic rings. The molecule has 0 radical (unpaired) electrons. The molecule has 2 N–H and O–H groups in total. The van der Waals surface area contributed by atoms with Crippen LogP contribution in [0.2, 0.25) is 5.02 Å². The highest BCUT2D eigenvalue weighted by Gasteiger charge is 2.52. The van der Waals surface area contributed by atoms with Crippen LogP contribution < -0.4 is 16.6 Å². The monoisotopic (exact) mass is 435 g/mol. The Kier molecular flexibility index (Phi) is 5.54. The van der Waals surface area contributed by atoms with Gasteiger partial charge in [-0.1, -0.05) is 23.7 Å². The van der Waals surface area contributed by atoms with Gasteiger partial charge in [-0.3, -0.25) is 19.1 Å². The molecular formula is C20H22ClN3O6. The molecule has 4 atom stereocenters. The van der Waals surface area contributed by atoms with E-state index in [9.17, 15) is 14.4 Å². The van der Waals surface area contributed by atoms with Gasteiger partial charge in [-0.2, -0.15) is 0 Å². The molecule has 3 heterocycles. The molecule has 4 rings (SSSR count). The molecule has 9 nitrogen and oxygen atoms in total. The lowest BCUT2D eigenvalue weighted by Crippen LogP contribution is -2.54. The van der Waals surface area contributed by atoms with Gasteiger partial charge in [-0.05, 0) is 26.0 Å². The Morgan fingerprint density at radius 3 is 2.70 bits per heavy atom. The standard InChI is InChI=1S/C20H22ClN3O6/c1-20(2)29-16-13(24-8-7-15(25)23-19(24)27)10-28-14(17(16)30-20)9-22-18(26)11-5-3-4-6-12(11)21/h3-8,13-14,16-17H,9-10H2,1-2H3,(H,22,26)(H,23,25,27)/t13-,14-,16+,17-/m1/s1. The van der Waals surface area contributed by atoms with E-state index in [1.165, 1.54) is 16.8 Å². The van der Waals surface area contributed by atoms with Crippen LogP contribution in [0, 0.1) is 0 Å². The van der Waals surface area contributed by atoms with Gasteiger partial charge in [0.1, 0.15) is 18.3 Å². The van der Waals surface area contributed by atoms with Crippen LogP contribution in [0.3, 0.4) is 0 Å². The maximum atomic E-state index is 12.5. The summed E-state index contributed by atoms with van der Waals surface area (Å²) in [6, 6.07) is 7.55. The summed E-state index contributed by atoms with van der Waals surface area (Å²) in [7, 11) is 0. The summed E-state index contributed by atoms with van der Waals surface area (Å²) in [5.74, 6) is -1.21. The van der Waals surface area contributed by atoms with Crippen molar-refractivity contribution in [2.24, 2.45) is 0 Å². The summed E-state index contributed by atoms with van der Waals surface area (Å²) in [6.45, 7) is 3.88. The van der Waals surface area contributed by atoms with Crippen molar-refractivity contribution in [1.29, 1.82) is 0 Å². The zero-order chi connectivity index (χ0) is 21.5. The van der Waals surface area contributed by atoms with Crippen LogP contribution in [0.4, 0.5) is 0 Å². The van der Waals surface area contributed by atoms with Gasteiger partial charge in [0.2, 0.25) is 0 Å². The molecule has 1 aromatic carbocycles. The molecule has 10 heteroatoms. The van der Waals surface area contributed by atoms with Crippen molar-refractivity contribution in [1.82, 2.24) is 14.9 Å². The lowest BCUT2D eigenvalue weighted by atomic mass is 9.97. The number of ether oxygens (including phenoxy) is 3. The van der Waals surface area contributed by atoms with Crippen LogP contribution >= 0.6 is 11.6 Å². The van der Waals surface area contributed by atoms with Gasteiger partial charge >= 0.3 is 5.69 Å². The Morgan fingerprint density at radius 1 is 1.23 bits per heavy atom. The van der Waals surface area contributed by atoms with E-state index in [0.29, 0.717) is 10.6 Å². The summed E-state index contributed by atoms with van der Waals surface area (Å²) in [4.78, 5) is 38.4. The molecule has 0 aliphatic carbocycles. The minimum atomic E-state index is -0.891. The Balaban J connectivity index is 1.52. The molecule has 1 amide bonds. The first-order valence-corrected chi connectivity index (χ1v) is 9.94. The lowest BCUT2D eigenvalue weighted by Gasteiger charge is -2.37. The highest BCUT2D eigenvalue weighted by molar-refractivity contribution is 6.33. The molecule has 0 spiro atoms. The van der Waals surface area contributed by atoms with Crippen molar-refractivity contribution in [2.75, 3.05) is 13.2 Å². The highest BCUT2D eigenvalue weighted by Crippen LogP contribution is 2.39. The Hall–Kier alpha value is -2.46. The fourth-order valence-electron chi connectivity index (χ4n) is 3.85.